The molecule has 0 unspecified atom stereocenters. The van der Waals surface area contributed by atoms with Crippen LogP contribution in [0.2, 0.25) is 0 Å². The van der Waals surface area contributed by atoms with E-state index < -0.39 is 92.3 Å². The van der Waals surface area contributed by atoms with Crippen molar-refractivity contribution in [1.29, 1.82) is 0 Å². The Labute approximate surface area is 240 Å². The van der Waals surface area contributed by atoms with E-state index in [2.05, 4.69) is 0 Å². The zero-order chi connectivity index (χ0) is 29.8. The summed E-state index contributed by atoms with van der Waals surface area (Å²) in [5, 5.41) is 74.6. The van der Waals surface area contributed by atoms with Crippen molar-refractivity contribution in [3.8, 4) is 0 Å². The van der Waals surface area contributed by atoms with Crippen LogP contribution in [0.4, 0.5) is 0 Å². The number of carbonyl (C=O) groups excluding carboxylic acids is 1. The summed E-state index contributed by atoms with van der Waals surface area (Å²) in [4.78, 5) is 12.0. The highest BCUT2D eigenvalue weighted by molar-refractivity contribution is 5.70. The SMILES string of the molecule is C[C@@H]1O[C@@H](O[C@@H]2[C@@H](C)CCC[C@H]2O[C@@H]2O[C@H](CO)[C@H](O)[C@H](O[C@@H](CC3CCCCC3)C(=O)[O-])[C@H]2O)[C@@H](O)[C@H](O)[C@@H]1O. The minimum atomic E-state index is -1.60. The predicted molar refractivity (Wildman–Crippen MR) is 138 cm³/mol. The fraction of sp³-hybridized carbons (Fsp3) is 0.964. The number of carboxylic acids is 1. The maximum atomic E-state index is 12.0. The van der Waals surface area contributed by atoms with E-state index in [4.69, 9.17) is 23.7 Å². The summed E-state index contributed by atoms with van der Waals surface area (Å²) in [6.45, 7) is 2.84. The van der Waals surface area contributed by atoms with Crippen LogP contribution < -0.4 is 5.11 Å². The molecular formula is C28H47O13-. The van der Waals surface area contributed by atoms with E-state index in [0.717, 1.165) is 44.9 Å². The van der Waals surface area contributed by atoms with Crippen LogP contribution in [-0.2, 0) is 28.5 Å². The summed E-state index contributed by atoms with van der Waals surface area (Å²) < 4.78 is 29.4. The lowest BCUT2D eigenvalue weighted by molar-refractivity contribution is -0.354. The highest BCUT2D eigenvalue weighted by atomic mass is 16.7. The summed E-state index contributed by atoms with van der Waals surface area (Å²) in [6.07, 6.45) is -9.21. The fourth-order valence-electron chi connectivity index (χ4n) is 6.61. The number of hydrogen-bond acceptors (Lipinski definition) is 13. The highest BCUT2D eigenvalue weighted by Gasteiger charge is 2.50. The van der Waals surface area contributed by atoms with Crippen LogP contribution in [0.5, 0.6) is 0 Å². The van der Waals surface area contributed by atoms with Crippen LogP contribution in [0, 0.1) is 11.8 Å². The molecule has 0 aromatic rings. The van der Waals surface area contributed by atoms with Crippen molar-refractivity contribution in [3.05, 3.63) is 0 Å². The molecule has 4 fully saturated rings. The van der Waals surface area contributed by atoms with Gasteiger partial charge >= 0.3 is 0 Å². The van der Waals surface area contributed by atoms with Gasteiger partial charge in [0.1, 0.15) is 42.7 Å². The van der Waals surface area contributed by atoms with Crippen LogP contribution in [-0.4, -0.2) is 123 Å². The van der Waals surface area contributed by atoms with Gasteiger partial charge in [0.2, 0.25) is 0 Å². The van der Waals surface area contributed by atoms with Crippen molar-refractivity contribution < 1.29 is 64.2 Å². The number of aliphatic hydroxyl groups excluding tert-OH is 6. The minimum Gasteiger partial charge on any atom is -0.547 e. The van der Waals surface area contributed by atoms with Crippen LogP contribution in [0.1, 0.15) is 71.6 Å². The van der Waals surface area contributed by atoms with E-state index in [1.807, 2.05) is 6.92 Å². The maximum absolute atomic E-state index is 12.0. The van der Waals surface area contributed by atoms with Gasteiger partial charge in [0.25, 0.3) is 0 Å². The molecule has 14 atom stereocenters. The Balaban J connectivity index is 1.46. The quantitative estimate of drug-likeness (QED) is 0.168. The normalized spacial score (nSPS) is 45.3. The minimum absolute atomic E-state index is 0.0891. The van der Waals surface area contributed by atoms with Crippen molar-refractivity contribution >= 4 is 5.97 Å². The second-order valence-corrected chi connectivity index (χ2v) is 12.2. The van der Waals surface area contributed by atoms with Crippen molar-refractivity contribution in [2.45, 2.75) is 151 Å². The van der Waals surface area contributed by atoms with Crippen molar-refractivity contribution in [1.82, 2.24) is 0 Å². The first-order chi connectivity index (χ1) is 19.5. The molecule has 6 N–H and O–H groups in total. The first kappa shape index (κ1) is 32.9. The first-order valence-electron chi connectivity index (χ1n) is 15.0. The third-order valence-corrected chi connectivity index (χ3v) is 9.16. The number of carbonyl (C=O) groups is 1. The first-order valence-corrected chi connectivity index (χ1v) is 15.0. The van der Waals surface area contributed by atoms with Gasteiger partial charge in [-0.1, -0.05) is 45.4 Å². The van der Waals surface area contributed by atoms with E-state index in [0.29, 0.717) is 6.42 Å². The Morgan fingerprint density at radius 3 is 2.15 bits per heavy atom. The second kappa shape index (κ2) is 14.7. The molecule has 13 heteroatoms. The van der Waals surface area contributed by atoms with Gasteiger partial charge in [0.15, 0.2) is 12.6 Å². The molecule has 2 saturated carbocycles. The third kappa shape index (κ3) is 7.76. The van der Waals surface area contributed by atoms with Gasteiger partial charge < -0.3 is 64.2 Å². The van der Waals surface area contributed by atoms with Gasteiger partial charge in [0, 0.05) is 0 Å². The molecule has 0 radical (unpaired) electrons. The molecule has 0 spiro atoms. The summed E-state index contributed by atoms with van der Waals surface area (Å²) >= 11 is 0. The Morgan fingerprint density at radius 1 is 0.805 bits per heavy atom. The molecule has 2 heterocycles. The topological polar surface area (TPSA) is 208 Å². The van der Waals surface area contributed by atoms with Gasteiger partial charge in [-0.05, 0) is 38.0 Å². The number of aliphatic hydroxyl groups is 6. The zero-order valence-corrected chi connectivity index (χ0v) is 23.8. The average Bonchev–Trinajstić information content (AvgIpc) is 2.95. The third-order valence-electron chi connectivity index (χ3n) is 9.16. The van der Waals surface area contributed by atoms with Crippen LogP contribution in [0.15, 0.2) is 0 Å². The fourth-order valence-corrected chi connectivity index (χ4v) is 6.61. The zero-order valence-electron chi connectivity index (χ0n) is 23.8. The van der Waals surface area contributed by atoms with Crippen molar-refractivity contribution in [2.75, 3.05) is 6.61 Å². The molecule has 41 heavy (non-hydrogen) atoms. The Hall–Kier alpha value is -0.970. The van der Waals surface area contributed by atoms with Gasteiger partial charge in [-0.3, -0.25) is 0 Å². The van der Waals surface area contributed by atoms with Crippen molar-refractivity contribution in [2.24, 2.45) is 11.8 Å². The van der Waals surface area contributed by atoms with E-state index in [1.54, 1.807) is 6.92 Å². The largest absolute Gasteiger partial charge is 0.547 e. The second-order valence-electron chi connectivity index (χ2n) is 12.2. The van der Waals surface area contributed by atoms with E-state index >= 15 is 0 Å². The molecule has 13 nitrogen and oxygen atoms in total. The average molecular weight is 592 g/mol. The lowest BCUT2D eigenvalue weighted by Crippen LogP contribution is -2.63. The standard InChI is InChI=1S/C28H48O13/c1-13-7-6-10-16(24(13)41-27-22(33)21(32)19(30)14(2)37-27)39-28-23(34)25(20(31)18(12-29)40-28)38-17(26(35)36)11-15-8-4-3-5-9-15/h13-25,27-34H,3-12H2,1-2H3,(H,35,36)/p-1/t13-,14-,16+,17-,18+,19+,20-,21+,22-,23+,24+,25-,27-,28+/m0/s1. The molecule has 0 amide bonds. The molecule has 0 aromatic carbocycles. The van der Waals surface area contributed by atoms with Crippen LogP contribution in [0.3, 0.4) is 0 Å². The van der Waals surface area contributed by atoms with Crippen LogP contribution >= 0.6 is 0 Å². The van der Waals surface area contributed by atoms with Crippen molar-refractivity contribution in [3.63, 3.8) is 0 Å². The molecular weight excluding hydrogens is 544 g/mol. The van der Waals surface area contributed by atoms with Crippen LogP contribution in [0.25, 0.3) is 0 Å². The number of carboxylic acid groups (broad SMARTS) is 1. The number of ether oxygens (including phenoxy) is 5. The monoisotopic (exact) mass is 591 g/mol. The number of rotatable bonds is 10. The lowest BCUT2D eigenvalue weighted by Gasteiger charge is -2.47. The molecule has 0 bridgehead atoms. The number of hydrogen-bond donors (Lipinski definition) is 6. The van der Waals surface area contributed by atoms with E-state index in [-0.39, 0.29) is 18.3 Å². The Bertz CT molecular complexity index is 825. The molecule has 4 aliphatic rings. The molecule has 0 aromatic heterocycles. The van der Waals surface area contributed by atoms with E-state index in [1.165, 1.54) is 0 Å². The number of aliphatic carboxylic acids is 1. The van der Waals surface area contributed by atoms with Gasteiger partial charge in [-0.25, -0.2) is 0 Å². The lowest BCUT2D eigenvalue weighted by atomic mass is 9.85. The Kier molecular flexibility index (Phi) is 11.8. The summed E-state index contributed by atoms with van der Waals surface area (Å²) in [5.74, 6) is -1.40. The molecule has 4 rings (SSSR count). The van der Waals surface area contributed by atoms with Gasteiger partial charge in [-0.15, -0.1) is 0 Å². The summed E-state index contributed by atoms with van der Waals surface area (Å²) in [5.41, 5.74) is 0. The molecule has 2 aliphatic heterocycles. The summed E-state index contributed by atoms with van der Waals surface area (Å²) in [6, 6.07) is 0. The predicted octanol–water partition coefficient (Wildman–Crippen LogP) is -1.68. The summed E-state index contributed by atoms with van der Waals surface area (Å²) in [7, 11) is 0. The van der Waals surface area contributed by atoms with Gasteiger partial charge in [-0.2, -0.15) is 0 Å². The highest BCUT2D eigenvalue weighted by Crippen LogP contribution is 2.36. The molecule has 2 saturated heterocycles. The smallest absolute Gasteiger partial charge is 0.187 e. The Morgan fingerprint density at radius 2 is 1.49 bits per heavy atom. The van der Waals surface area contributed by atoms with E-state index in [9.17, 15) is 40.5 Å². The maximum Gasteiger partial charge on any atom is 0.187 e. The molecule has 238 valence electrons. The molecule has 2 aliphatic carbocycles. The van der Waals surface area contributed by atoms with Gasteiger partial charge in [0.05, 0.1) is 37.0 Å².